The van der Waals surface area contributed by atoms with E-state index in [0.717, 1.165) is 10.9 Å². The predicted molar refractivity (Wildman–Crippen MR) is 51.4 cm³/mol. The predicted octanol–water partition coefficient (Wildman–Crippen LogP) is 3.34. The largest absolute Gasteiger partial charge is 0.255 e. The van der Waals surface area contributed by atoms with Gasteiger partial charge in [0.15, 0.2) is 0 Å². The molecule has 13 heavy (non-hydrogen) atoms. The van der Waals surface area contributed by atoms with Crippen molar-refractivity contribution in [2.45, 2.75) is 6.92 Å². The Morgan fingerprint density at radius 1 is 1.38 bits per heavy atom. The maximum atomic E-state index is 13.0. The molecule has 0 saturated heterocycles. The quantitative estimate of drug-likeness (QED) is 0.628. The van der Waals surface area contributed by atoms with Gasteiger partial charge >= 0.3 is 0 Å². The Labute approximate surface area is 80.2 Å². The Bertz CT molecular complexity index is 468. The number of aryl methyl sites for hydroxylation is 1. The molecule has 0 atom stereocenters. The number of hydrogen-bond acceptors (Lipinski definition) is 1. The van der Waals surface area contributed by atoms with Crippen LogP contribution in [-0.2, 0) is 0 Å². The van der Waals surface area contributed by atoms with Crippen LogP contribution in [0.1, 0.15) is 5.56 Å². The minimum Gasteiger partial charge on any atom is -0.255 e. The molecule has 2 rings (SSSR count). The molecule has 0 bridgehead atoms. The van der Waals surface area contributed by atoms with Crippen LogP contribution in [0.25, 0.3) is 10.9 Å². The highest BCUT2D eigenvalue weighted by atomic mass is 35.5. The molecule has 0 aliphatic heterocycles. The van der Waals surface area contributed by atoms with E-state index in [1.807, 2.05) is 13.0 Å². The third-order valence-electron chi connectivity index (χ3n) is 1.98. The van der Waals surface area contributed by atoms with E-state index in [1.54, 1.807) is 6.20 Å². The van der Waals surface area contributed by atoms with E-state index in [4.69, 9.17) is 11.6 Å². The summed E-state index contributed by atoms with van der Waals surface area (Å²) in [6.45, 7) is 1.90. The van der Waals surface area contributed by atoms with Crippen LogP contribution in [0.15, 0.2) is 24.4 Å². The summed E-state index contributed by atoms with van der Waals surface area (Å²) in [4.78, 5) is 4.08. The van der Waals surface area contributed by atoms with Crippen molar-refractivity contribution in [2.75, 3.05) is 0 Å². The number of aromatic nitrogens is 1. The van der Waals surface area contributed by atoms with E-state index < -0.39 is 0 Å². The zero-order valence-electron chi connectivity index (χ0n) is 7.01. The van der Waals surface area contributed by atoms with Crippen LogP contribution in [0, 0.1) is 12.7 Å². The third kappa shape index (κ3) is 1.38. The van der Waals surface area contributed by atoms with Gasteiger partial charge in [0.1, 0.15) is 5.82 Å². The molecule has 0 spiro atoms. The second-order valence-electron chi connectivity index (χ2n) is 2.91. The van der Waals surface area contributed by atoms with Crippen molar-refractivity contribution < 1.29 is 4.39 Å². The first-order valence-electron chi connectivity index (χ1n) is 3.89. The molecular formula is C10H7ClFN. The number of halogens is 2. The maximum absolute atomic E-state index is 13.0. The summed E-state index contributed by atoms with van der Waals surface area (Å²) in [5.74, 6) is -0.325. The van der Waals surface area contributed by atoms with Crippen molar-refractivity contribution in [3.8, 4) is 0 Å². The Kier molecular flexibility index (Phi) is 1.93. The molecule has 0 aliphatic carbocycles. The van der Waals surface area contributed by atoms with Crippen LogP contribution in [0.3, 0.4) is 0 Å². The Morgan fingerprint density at radius 3 is 2.92 bits per heavy atom. The number of hydrogen-bond donors (Lipinski definition) is 0. The van der Waals surface area contributed by atoms with Crippen LogP contribution in [0.4, 0.5) is 4.39 Å². The standard InChI is InChI=1S/C10H7ClFN/c1-6-2-3-13-10-8(6)4-7(12)5-9(10)11/h2-5H,1H3. The first kappa shape index (κ1) is 8.45. The lowest BCUT2D eigenvalue weighted by Gasteiger charge is -2.02. The topological polar surface area (TPSA) is 12.9 Å². The zero-order valence-corrected chi connectivity index (χ0v) is 7.77. The van der Waals surface area contributed by atoms with Gasteiger partial charge in [0.05, 0.1) is 10.5 Å². The lowest BCUT2D eigenvalue weighted by molar-refractivity contribution is 0.629. The summed E-state index contributed by atoms with van der Waals surface area (Å²) in [5, 5.41) is 1.13. The fraction of sp³-hybridized carbons (Fsp3) is 0.100. The van der Waals surface area contributed by atoms with Gasteiger partial charge in [-0.15, -0.1) is 0 Å². The van der Waals surface area contributed by atoms with Gasteiger partial charge in [0.25, 0.3) is 0 Å². The van der Waals surface area contributed by atoms with E-state index in [9.17, 15) is 4.39 Å². The molecule has 0 N–H and O–H groups in total. The lowest BCUT2D eigenvalue weighted by Crippen LogP contribution is -1.85. The summed E-state index contributed by atoms with van der Waals surface area (Å²) in [6, 6.07) is 4.55. The summed E-state index contributed by atoms with van der Waals surface area (Å²) in [7, 11) is 0. The fourth-order valence-electron chi connectivity index (χ4n) is 1.31. The molecule has 0 aliphatic rings. The second-order valence-corrected chi connectivity index (χ2v) is 3.32. The van der Waals surface area contributed by atoms with E-state index in [1.165, 1.54) is 12.1 Å². The zero-order chi connectivity index (χ0) is 9.42. The molecule has 0 unspecified atom stereocenters. The van der Waals surface area contributed by atoms with Crippen LogP contribution in [-0.4, -0.2) is 4.98 Å². The summed E-state index contributed by atoms with van der Waals surface area (Å²) in [5.41, 5.74) is 1.63. The third-order valence-corrected chi connectivity index (χ3v) is 2.27. The number of nitrogens with zero attached hydrogens (tertiary/aromatic N) is 1. The highest BCUT2D eigenvalue weighted by Gasteiger charge is 2.04. The Balaban J connectivity index is 2.94. The number of benzene rings is 1. The Morgan fingerprint density at radius 2 is 2.15 bits per heavy atom. The van der Waals surface area contributed by atoms with E-state index in [0.29, 0.717) is 10.5 Å². The molecule has 0 fully saturated rings. The van der Waals surface area contributed by atoms with Crippen LogP contribution in [0.2, 0.25) is 5.02 Å². The average molecular weight is 196 g/mol. The van der Waals surface area contributed by atoms with Gasteiger partial charge in [-0.1, -0.05) is 11.6 Å². The van der Waals surface area contributed by atoms with Gasteiger partial charge in [0.2, 0.25) is 0 Å². The highest BCUT2D eigenvalue weighted by Crippen LogP contribution is 2.24. The van der Waals surface area contributed by atoms with Crippen molar-refractivity contribution in [3.05, 3.63) is 40.8 Å². The second kappa shape index (κ2) is 2.96. The molecule has 0 radical (unpaired) electrons. The van der Waals surface area contributed by atoms with Crippen LogP contribution in [0.5, 0.6) is 0 Å². The molecule has 0 amide bonds. The highest BCUT2D eigenvalue weighted by molar-refractivity contribution is 6.35. The van der Waals surface area contributed by atoms with Gasteiger partial charge in [-0.05, 0) is 30.7 Å². The average Bonchev–Trinajstić information content (AvgIpc) is 2.07. The fourth-order valence-corrected chi connectivity index (χ4v) is 1.57. The lowest BCUT2D eigenvalue weighted by atomic mass is 10.1. The molecule has 1 aromatic heterocycles. The molecule has 66 valence electrons. The number of rotatable bonds is 0. The minimum atomic E-state index is -0.325. The smallest absolute Gasteiger partial charge is 0.125 e. The van der Waals surface area contributed by atoms with Crippen molar-refractivity contribution in [1.29, 1.82) is 0 Å². The maximum Gasteiger partial charge on any atom is 0.125 e. The van der Waals surface area contributed by atoms with Crippen molar-refractivity contribution >= 4 is 22.5 Å². The summed E-state index contributed by atoms with van der Waals surface area (Å²) in [6.07, 6.45) is 1.67. The molecule has 1 aromatic carbocycles. The molecule has 0 saturated carbocycles. The normalized spacial score (nSPS) is 10.7. The van der Waals surface area contributed by atoms with E-state index >= 15 is 0 Å². The van der Waals surface area contributed by atoms with Gasteiger partial charge in [-0.25, -0.2) is 4.39 Å². The van der Waals surface area contributed by atoms with Gasteiger partial charge in [-0.3, -0.25) is 4.98 Å². The molecular weight excluding hydrogens is 189 g/mol. The minimum absolute atomic E-state index is 0.325. The monoisotopic (exact) mass is 195 g/mol. The first-order chi connectivity index (χ1) is 6.18. The summed E-state index contributed by atoms with van der Waals surface area (Å²) < 4.78 is 13.0. The molecule has 1 nitrogen and oxygen atoms in total. The van der Waals surface area contributed by atoms with Gasteiger partial charge < -0.3 is 0 Å². The van der Waals surface area contributed by atoms with E-state index in [2.05, 4.69) is 4.98 Å². The van der Waals surface area contributed by atoms with Crippen molar-refractivity contribution in [3.63, 3.8) is 0 Å². The van der Waals surface area contributed by atoms with Crippen LogP contribution >= 0.6 is 11.6 Å². The molecule has 1 heterocycles. The molecule has 3 heteroatoms. The van der Waals surface area contributed by atoms with Crippen LogP contribution < -0.4 is 0 Å². The van der Waals surface area contributed by atoms with Gasteiger partial charge in [0, 0.05) is 11.6 Å². The summed E-state index contributed by atoms with van der Waals surface area (Å²) >= 11 is 5.83. The first-order valence-corrected chi connectivity index (χ1v) is 4.26. The van der Waals surface area contributed by atoms with Crippen molar-refractivity contribution in [1.82, 2.24) is 4.98 Å². The number of pyridine rings is 1. The molecule has 2 aromatic rings. The SMILES string of the molecule is Cc1ccnc2c(Cl)cc(F)cc12. The van der Waals surface area contributed by atoms with Gasteiger partial charge in [-0.2, -0.15) is 0 Å². The van der Waals surface area contributed by atoms with Crippen molar-refractivity contribution in [2.24, 2.45) is 0 Å². The van der Waals surface area contributed by atoms with E-state index in [-0.39, 0.29) is 5.82 Å². The Hall–Kier alpha value is -1.15. The number of fused-ring (bicyclic) bond motifs is 1.